The molecule has 1 aliphatic heterocycles. The van der Waals surface area contributed by atoms with Gasteiger partial charge in [0.15, 0.2) is 0 Å². The summed E-state index contributed by atoms with van der Waals surface area (Å²) in [4.78, 5) is 13.8. The SMILES string of the molecule is CC(C)(C)OC(=O)N1CCC(C)(c2[nH]ncc2Br)CC1. The molecule has 20 heavy (non-hydrogen) atoms. The fourth-order valence-corrected chi connectivity index (χ4v) is 3.12. The van der Waals surface area contributed by atoms with Gasteiger partial charge in [-0.05, 0) is 49.5 Å². The topological polar surface area (TPSA) is 58.2 Å². The van der Waals surface area contributed by atoms with Crippen molar-refractivity contribution in [1.29, 1.82) is 0 Å². The van der Waals surface area contributed by atoms with Crippen molar-refractivity contribution in [1.82, 2.24) is 15.1 Å². The Hall–Kier alpha value is -1.04. The van der Waals surface area contributed by atoms with E-state index < -0.39 is 5.60 Å². The minimum absolute atomic E-state index is 0.0217. The Kier molecular flexibility index (Phi) is 4.14. The molecule has 1 aromatic heterocycles. The molecule has 2 rings (SSSR count). The van der Waals surface area contributed by atoms with Crippen LogP contribution in [-0.4, -0.2) is 39.9 Å². The number of nitrogens with zero attached hydrogens (tertiary/aromatic N) is 2. The lowest BCUT2D eigenvalue weighted by Crippen LogP contribution is -2.46. The molecule has 1 saturated heterocycles. The maximum atomic E-state index is 12.1. The highest BCUT2D eigenvalue weighted by molar-refractivity contribution is 9.10. The molecule has 0 saturated carbocycles. The third-order valence-corrected chi connectivity index (χ3v) is 4.32. The summed E-state index contributed by atoms with van der Waals surface area (Å²) in [5.41, 5.74) is 0.694. The number of aromatic amines is 1. The van der Waals surface area contributed by atoms with E-state index in [4.69, 9.17) is 4.74 Å². The predicted octanol–water partition coefficient (Wildman–Crippen LogP) is 3.46. The van der Waals surface area contributed by atoms with E-state index >= 15 is 0 Å². The normalized spacial score (nSPS) is 18.9. The van der Waals surface area contributed by atoms with Crippen LogP contribution in [-0.2, 0) is 10.2 Å². The van der Waals surface area contributed by atoms with E-state index in [-0.39, 0.29) is 11.5 Å². The van der Waals surface area contributed by atoms with Crippen molar-refractivity contribution in [3.8, 4) is 0 Å². The van der Waals surface area contributed by atoms with Crippen LogP contribution in [0.25, 0.3) is 0 Å². The van der Waals surface area contributed by atoms with Crippen LogP contribution in [0, 0.1) is 0 Å². The molecule has 0 atom stereocenters. The third kappa shape index (κ3) is 3.34. The van der Waals surface area contributed by atoms with Gasteiger partial charge in [-0.25, -0.2) is 4.79 Å². The number of halogens is 1. The average Bonchev–Trinajstić information content (AvgIpc) is 2.74. The largest absolute Gasteiger partial charge is 0.444 e. The number of likely N-dealkylation sites (tertiary alicyclic amines) is 1. The zero-order valence-corrected chi connectivity index (χ0v) is 14.1. The molecular weight excluding hydrogens is 322 g/mol. The maximum absolute atomic E-state index is 12.1. The number of hydrogen-bond donors (Lipinski definition) is 1. The molecule has 1 aromatic rings. The molecule has 0 radical (unpaired) electrons. The molecule has 1 N–H and O–H groups in total. The lowest BCUT2D eigenvalue weighted by atomic mass is 9.78. The molecule has 0 bridgehead atoms. The van der Waals surface area contributed by atoms with Gasteiger partial charge in [0.1, 0.15) is 5.60 Å². The van der Waals surface area contributed by atoms with Crippen molar-refractivity contribution in [2.24, 2.45) is 0 Å². The molecule has 5 nitrogen and oxygen atoms in total. The van der Waals surface area contributed by atoms with Crippen LogP contribution >= 0.6 is 15.9 Å². The number of piperidine rings is 1. The summed E-state index contributed by atoms with van der Waals surface area (Å²) < 4.78 is 6.42. The second kappa shape index (κ2) is 5.39. The van der Waals surface area contributed by atoms with E-state index in [0.717, 1.165) is 23.0 Å². The number of carbonyl (C=O) groups is 1. The van der Waals surface area contributed by atoms with Gasteiger partial charge in [0.2, 0.25) is 0 Å². The van der Waals surface area contributed by atoms with Crippen molar-refractivity contribution in [3.63, 3.8) is 0 Å². The van der Waals surface area contributed by atoms with Crippen molar-refractivity contribution >= 4 is 22.0 Å². The van der Waals surface area contributed by atoms with Crippen LogP contribution in [0.1, 0.15) is 46.2 Å². The van der Waals surface area contributed by atoms with E-state index in [1.807, 2.05) is 20.8 Å². The standard InChI is InChI=1S/C14H22BrN3O2/c1-13(2,3)20-12(19)18-7-5-14(4,6-8-18)11-10(15)9-16-17-11/h9H,5-8H2,1-4H3,(H,16,17). The van der Waals surface area contributed by atoms with Gasteiger partial charge in [-0.1, -0.05) is 6.92 Å². The minimum atomic E-state index is -0.440. The second-order valence-electron chi connectivity index (χ2n) is 6.62. The summed E-state index contributed by atoms with van der Waals surface area (Å²) in [5.74, 6) is 0. The smallest absolute Gasteiger partial charge is 0.410 e. The van der Waals surface area contributed by atoms with Gasteiger partial charge in [0.05, 0.1) is 16.4 Å². The van der Waals surface area contributed by atoms with Crippen LogP contribution in [0.4, 0.5) is 4.79 Å². The first-order chi connectivity index (χ1) is 9.21. The van der Waals surface area contributed by atoms with E-state index in [2.05, 4.69) is 33.1 Å². The highest BCUT2D eigenvalue weighted by atomic mass is 79.9. The van der Waals surface area contributed by atoms with Gasteiger partial charge >= 0.3 is 6.09 Å². The molecular formula is C14H22BrN3O2. The van der Waals surface area contributed by atoms with E-state index in [0.29, 0.717) is 13.1 Å². The van der Waals surface area contributed by atoms with E-state index in [1.54, 1.807) is 11.1 Å². The van der Waals surface area contributed by atoms with Crippen molar-refractivity contribution in [2.45, 2.75) is 51.6 Å². The summed E-state index contributed by atoms with van der Waals surface area (Å²) in [7, 11) is 0. The number of amides is 1. The molecule has 0 aliphatic carbocycles. The lowest BCUT2D eigenvalue weighted by molar-refractivity contribution is 0.0170. The first-order valence-electron chi connectivity index (χ1n) is 6.89. The Bertz CT molecular complexity index is 485. The van der Waals surface area contributed by atoms with Gasteiger partial charge in [-0.15, -0.1) is 0 Å². The Balaban J connectivity index is 1.99. The fraction of sp³-hybridized carbons (Fsp3) is 0.714. The maximum Gasteiger partial charge on any atom is 0.410 e. The summed E-state index contributed by atoms with van der Waals surface area (Å²) in [6, 6.07) is 0. The molecule has 0 spiro atoms. The molecule has 1 aliphatic rings. The summed E-state index contributed by atoms with van der Waals surface area (Å²) in [5, 5.41) is 7.13. The number of aromatic nitrogens is 2. The zero-order chi connectivity index (χ0) is 15.0. The number of rotatable bonds is 1. The molecule has 0 unspecified atom stereocenters. The Morgan fingerprint density at radius 1 is 1.45 bits per heavy atom. The molecule has 2 heterocycles. The van der Waals surface area contributed by atoms with Gasteiger partial charge < -0.3 is 9.64 Å². The molecule has 6 heteroatoms. The molecule has 1 amide bonds. The number of ether oxygens (including phenoxy) is 1. The number of carbonyl (C=O) groups excluding carboxylic acids is 1. The fourth-order valence-electron chi connectivity index (χ4n) is 2.45. The highest BCUT2D eigenvalue weighted by Gasteiger charge is 2.37. The van der Waals surface area contributed by atoms with Crippen LogP contribution in [0.5, 0.6) is 0 Å². The van der Waals surface area contributed by atoms with Crippen LogP contribution in [0.15, 0.2) is 10.7 Å². The summed E-state index contributed by atoms with van der Waals surface area (Å²) >= 11 is 3.52. The van der Waals surface area contributed by atoms with Gasteiger partial charge in [0, 0.05) is 18.5 Å². The molecule has 0 aromatic carbocycles. The highest BCUT2D eigenvalue weighted by Crippen LogP contribution is 2.37. The van der Waals surface area contributed by atoms with E-state index in [1.165, 1.54) is 0 Å². The number of H-pyrrole nitrogens is 1. The van der Waals surface area contributed by atoms with Crippen molar-refractivity contribution in [2.75, 3.05) is 13.1 Å². The van der Waals surface area contributed by atoms with Crippen molar-refractivity contribution < 1.29 is 9.53 Å². The van der Waals surface area contributed by atoms with E-state index in [9.17, 15) is 4.79 Å². The molecule has 112 valence electrons. The number of hydrogen-bond acceptors (Lipinski definition) is 3. The van der Waals surface area contributed by atoms with Crippen molar-refractivity contribution in [3.05, 3.63) is 16.4 Å². The number of nitrogens with one attached hydrogen (secondary N) is 1. The van der Waals surface area contributed by atoms with Gasteiger partial charge in [0.25, 0.3) is 0 Å². The first-order valence-corrected chi connectivity index (χ1v) is 7.68. The molecule has 1 fully saturated rings. The average molecular weight is 344 g/mol. The first kappa shape index (κ1) is 15.4. The van der Waals surface area contributed by atoms with Crippen LogP contribution in [0.3, 0.4) is 0 Å². The summed E-state index contributed by atoms with van der Waals surface area (Å²) in [6.45, 7) is 9.29. The Morgan fingerprint density at radius 2 is 2.05 bits per heavy atom. The van der Waals surface area contributed by atoms with Crippen LogP contribution in [0.2, 0.25) is 0 Å². The van der Waals surface area contributed by atoms with Gasteiger partial charge in [-0.3, -0.25) is 5.10 Å². The monoisotopic (exact) mass is 343 g/mol. The summed E-state index contributed by atoms with van der Waals surface area (Å²) in [6.07, 6.45) is 3.35. The second-order valence-corrected chi connectivity index (χ2v) is 7.48. The zero-order valence-electron chi connectivity index (χ0n) is 12.5. The lowest BCUT2D eigenvalue weighted by Gasteiger charge is -2.39. The predicted molar refractivity (Wildman–Crippen MR) is 80.7 cm³/mol. The van der Waals surface area contributed by atoms with Crippen LogP contribution < -0.4 is 0 Å². The quantitative estimate of drug-likeness (QED) is 0.849. The Morgan fingerprint density at radius 3 is 2.50 bits per heavy atom. The van der Waals surface area contributed by atoms with Gasteiger partial charge in [-0.2, -0.15) is 5.10 Å². The Labute approximate surface area is 128 Å². The minimum Gasteiger partial charge on any atom is -0.444 e. The third-order valence-electron chi connectivity index (χ3n) is 3.72.